The van der Waals surface area contributed by atoms with E-state index >= 15 is 0 Å². The molecule has 1 aliphatic rings. The second-order valence-corrected chi connectivity index (χ2v) is 7.10. The van der Waals surface area contributed by atoms with Crippen LogP contribution in [0.2, 0.25) is 0 Å². The third kappa shape index (κ3) is 3.20. The Hall–Kier alpha value is -2.53. The molecule has 4 nitrogen and oxygen atoms in total. The van der Waals surface area contributed by atoms with E-state index in [1.54, 1.807) is 18.4 Å². The number of thiazole rings is 1. The molecule has 0 radical (unpaired) electrons. The summed E-state index contributed by atoms with van der Waals surface area (Å²) in [4.78, 5) is 7.22. The summed E-state index contributed by atoms with van der Waals surface area (Å²) in [5, 5.41) is 3.17. The van der Waals surface area contributed by atoms with Gasteiger partial charge in [0.25, 0.3) is 0 Å². The van der Waals surface area contributed by atoms with E-state index < -0.39 is 0 Å². The molecule has 5 heteroatoms. The van der Waals surface area contributed by atoms with Crippen LogP contribution in [0.15, 0.2) is 47.8 Å². The SMILES string of the molecule is COc1cccc(-c2nc(CN3CCCc4c(N)cccc43)cs2)c1. The number of aromatic nitrogens is 1. The predicted molar refractivity (Wildman–Crippen MR) is 104 cm³/mol. The zero-order valence-electron chi connectivity index (χ0n) is 14.2. The second kappa shape index (κ2) is 6.76. The summed E-state index contributed by atoms with van der Waals surface area (Å²) in [6.07, 6.45) is 2.19. The summed E-state index contributed by atoms with van der Waals surface area (Å²) in [5.41, 5.74) is 11.8. The Balaban J connectivity index is 1.57. The lowest BCUT2D eigenvalue weighted by Gasteiger charge is -2.31. The number of anilines is 2. The Morgan fingerprint density at radius 2 is 2.12 bits per heavy atom. The molecule has 2 N–H and O–H groups in total. The normalized spacial score (nSPS) is 13.6. The molecule has 128 valence electrons. The monoisotopic (exact) mass is 351 g/mol. The van der Waals surface area contributed by atoms with Crippen molar-refractivity contribution >= 4 is 22.7 Å². The quantitative estimate of drug-likeness (QED) is 0.710. The van der Waals surface area contributed by atoms with Gasteiger partial charge in [0.2, 0.25) is 0 Å². The highest BCUT2D eigenvalue weighted by molar-refractivity contribution is 7.13. The molecule has 0 aliphatic carbocycles. The van der Waals surface area contributed by atoms with E-state index in [0.717, 1.165) is 53.6 Å². The van der Waals surface area contributed by atoms with Crippen molar-refractivity contribution in [3.63, 3.8) is 0 Å². The van der Waals surface area contributed by atoms with E-state index in [9.17, 15) is 0 Å². The van der Waals surface area contributed by atoms with Crippen molar-refractivity contribution in [3.05, 3.63) is 59.1 Å². The van der Waals surface area contributed by atoms with Crippen LogP contribution in [0.25, 0.3) is 10.6 Å². The molecule has 3 aromatic rings. The summed E-state index contributed by atoms with van der Waals surface area (Å²) >= 11 is 1.68. The smallest absolute Gasteiger partial charge is 0.123 e. The highest BCUT2D eigenvalue weighted by atomic mass is 32.1. The van der Waals surface area contributed by atoms with Gasteiger partial charge in [-0.2, -0.15) is 0 Å². The van der Waals surface area contributed by atoms with Gasteiger partial charge in [0.05, 0.1) is 19.3 Å². The first-order chi connectivity index (χ1) is 12.2. The molecule has 0 saturated heterocycles. The lowest BCUT2D eigenvalue weighted by Crippen LogP contribution is -2.29. The molecular formula is C20H21N3OS. The Labute approximate surface area is 151 Å². The van der Waals surface area contributed by atoms with Gasteiger partial charge in [-0.1, -0.05) is 18.2 Å². The van der Waals surface area contributed by atoms with Crippen LogP contribution in [0.1, 0.15) is 17.7 Å². The van der Waals surface area contributed by atoms with Crippen LogP contribution in [0.4, 0.5) is 11.4 Å². The molecule has 0 spiro atoms. The van der Waals surface area contributed by atoms with Gasteiger partial charge in [-0.15, -0.1) is 11.3 Å². The minimum Gasteiger partial charge on any atom is -0.497 e. The van der Waals surface area contributed by atoms with Crippen molar-refractivity contribution in [2.24, 2.45) is 0 Å². The van der Waals surface area contributed by atoms with Crippen molar-refractivity contribution in [2.45, 2.75) is 19.4 Å². The van der Waals surface area contributed by atoms with Crippen LogP contribution in [-0.4, -0.2) is 18.6 Å². The minimum absolute atomic E-state index is 0.816. The summed E-state index contributed by atoms with van der Waals surface area (Å²) in [6.45, 7) is 1.86. The molecule has 0 bridgehead atoms. The fourth-order valence-electron chi connectivity index (χ4n) is 3.36. The molecule has 0 amide bonds. The molecule has 1 aliphatic heterocycles. The van der Waals surface area contributed by atoms with Gasteiger partial charge in [-0.3, -0.25) is 0 Å². The number of nitrogens with two attached hydrogens (primary N) is 1. The number of nitrogen functional groups attached to an aromatic ring is 1. The zero-order valence-corrected chi connectivity index (χ0v) is 15.1. The van der Waals surface area contributed by atoms with Crippen molar-refractivity contribution in [3.8, 4) is 16.3 Å². The van der Waals surface area contributed by atoms with Crippen LogP contribution >= 0.6 is 11.3 Å². The van der Waals surface area contributed by atoms with Gasteiger partial charge in [-0.05, 0) is 42.7 Å². The molecule has 4 rings (SSSR count). The Bertz CT molecular complexity index is 890. The minimum atomic E-state index is 0.816. The first-order valence-electron chi connectivity index (χ1n) is 8.46. The predicted octanol–water partition coefficient (Wildman–Crippen LogP) is 4.35. The third-order valence-corrected chi connectivity index (χ3v) is 5.54. The van der Waals surface area contributed by atoms with Crippen LogP contribution in [0, 0.1) is 0 Å². The fourth-order valence-corrected chi connectivity index (χ4v) is 4.16. The number of hydrogen-bond acceptors (Lipinski definition) is 5. The largest absolute Gasteiger partial charge is 0.497 e. The molecule has 2 heterocycles. The summed E-state index contributed by atoms with van der Waals surface area (Å²) < 4.78 is 5.31. The van der Waals surface area contributed by atoms with Gasteiger partial charge < -0.3 is 15.4 Å². The Morgan fingerprint density at radius 3 is 3.00 bits per heavy atom. The van der Waals surface area contributed by atoms with E-state index in [1.807, 2.05) is 30.3 Å². The van der Waals surface area contributed by atoms with E-state index in [0.29, 0.717) is 0 Å². The van der Waals surface area contributed by atoms with E-state index in [1.165, 1.54) is 11.3 Å². The van der Waals surface area contributed by atoms with Crippen molar-refractivity contribution < 1.29 is 4.74 Å². The average Bonchev–Trinajstić information content (AvgIpc) is 3.11. The second-order valence-electron chi connectivity index (χ2n) is 6.25. The maximum absolute atomic E-state index is 6.15. The van der Waals surface area contributed by atoms with Crippen molar-refractivity contribution in [1.29, 1.82) is 0 Å². The highest BCUT2D eigenvalue weighted by Crippen LogP contribution is 2.33. The number of fused-ring (bicyclic) bond motifs is 1. The molecule has 25 heavy (non-hydrogen) atoms. The number of rotatable bonds is 4. The summed E-state index contributed by atoms with van der Waals surface area (Å²) in [7, 11) is 1.69. The molecular weight excluding hydrogens is 330 g/mol. The average molecular weight is 351 g/mol. The molecule has 0 atom stereocenters. The lowest BCUT2D eigenvalue weighted by molar-refractivity contribution is 0.415. The number of hydrogen-bond donors (Lipinski definition) is 1. The highest BCUT2D eigenvalue weighted by Gasteiger charge is 2.19. The van der Waals surface area contributed by atoms with Gasteiger partial charge in [0.1, 0.15) is 10.8 Å². The topological polar surface area (TPSA) is 51.4 Å². The molecule has 0 fully saturated rings. The zero-order chi connectivity index (χ0) is 17.2. The number of benzene rings is 2. The number of methoxy groups -OCH3 is 1. The van der Waals surface area contributed by atoms with E-state index in [4.69, 9.17) is 15.5 Å². The first-order valence-corrected chi connectivity index (χ1v) is 9.33. The fraction of sp³-hybridized carbons (Fsp3) is 0.250. The molecule has 2 aromatic carbocycles. The maximum atomic E-state index is 6.15. The van der Waals surface area contributed by atoms with Crippen molar-refractivity contribution in [2.75, 3.05) is 24.3 Å². The van der Waals surface area contributed by atoms with Gasteiger partial charge in [0, 0.05) is 28.9 Å². The first kappa shape index (κ1) is 16.0. The molecule has 0 unspecified atom stereocenters. The third-order valence-electron chi connectivity index (χ3n) is 4.60. The maximum Gasteiger partial charge on any atom is 0.123 e. The van der Waals surface area contributed by atoms with E-state index in [2.05, 4.69) is 22.4 Å². The van der Waals surface area contributed by atoms with Gasteiger partial charge in [0.15, 0.2) is 0 Å². The van der Waals surface area contributed by atoms with Gasteiger partial charge >= 0.3 is 0 Å². The molecule has 1 aromatic heterocycles. The van der Waals surface area contributed by atoms with Crippen LogP contribution in [-0.2, 0) is 13.0 Å². The van der Waals surface area contributed by atoms with E-state index in [-0.39, 0.29) is 0 Å². The van der Waals surface area contributed by atoms with Crippen LogP contribution in [0.5, 0.6) is 5.75 Å². The number of nitrogens with zero attached hydrogens (tertiary/aromatic N) is 2. The Kier molecular flexibility index (Phi) is 4.32. The van der Waals surface area contributed by atoms with Crippen LogP contribution < -0.4 is 15.4 Å². The van der Waals surface area contributed by atoms with Gasteiger partial charge in [-0.25, -0.2) is 4.98 Å². The summed E-state index contributed by atoms with van der Waals surface area (Å²) in [5.74, 6) is 0.856. The molecule has 0 saturated carbocycles. The lowest BCUT2D eigenvalue weighted by atomic mass is 10.00. The summed E-state index contributed by atoms with van der Waals surface area (Å²) in [6, 6.07) is 14.2. The Morgan fingerprint density at radius 1 is 1.24 bits per heavy atom. The number of ether oxygens (including phenoxy) is 1. The van der Waals surface area contributed by atoms with Crippen LogP contribution in [0.3, 0.4) is 0 Å². The standard InChI is InChI=1S/C20H21N3OS/c1-24-16-6-2-5-14(11-16)20-22-15(13-25-20)12-23-10-4-7-17-18(21)8-3-9-19(17)23/h2-3,5-6,8-9,11,13H,4,7,10,12,21H2,1H3. The van der Waals surface area contributed by atoms with Crippen molar-refractivity contribution in [1.82, 2.24) is 4.98 Å².